The molecule has 5 N–H and O–H groups in total. The molecule has 1 rings (SSSR count). The molecule has 0 fully saturated rings. The second-order valence-corrected chi connectivity index (χ2v) is 2.95. The van der Waals surface area contributed by atoms with Gasteiger partial charge in [0.05, 0.1) is 18.3 Å². The predicted octanol–water partition coefficient (Wildman–Crippen LogP) is 0.769. The highest BCUT2D eigenvalue weighted by Gasteiger charge is 2.06. The van der Waals surface area contributed by atoms with Crippen molar-refractivity contribution in [1.82, 2.24) is 5.43 Å². The minimum absolute atomic E-state index is 0.414. The highest BCUT2D eigenvalue weighted by molar-refractivity contribution is 6.32. The summed E-state index contributed by atoms with van der Waals surface area (Å²) in [5.74, 6) is 5.80. The van der Waals surface area contributed by atoms with Crippen molar-refractivity contribution in [3.05, 3.63) is 28.8 Å². The van der Waals surface area contributed by atoms with Gasteiger partial charge in [0.25, 0.3) is 0 Å². The van der Waals surface area contributed by atoms with E-state index < -0.39 is 6.17 Å². The first-order chi connectivity index (χ1) is 6.19. The van der Waals surface area contributed by atoms with Crippen molar-refractivity contribution in [2.24, 2.45) is 11.6 Å². The summed E-state index contributed by atoms with van der Waals surface area (Å²) in [5.41, 5.74) is 8.86. The monoisotopic (exact) mass is 201 g/mol. The van der Waals surface area contributed by atoms with Crippen LogP contribution in [0.2, 0.25) is 5.02 Å². The van der Waals surface area contributed by atoms with Crippen LogP contribution in [0.4, 0.5) is 0 Å². The molecule has 0 aliphatic carbocycles. The Bertz CT molecular complexity index is 293. The molecule has 1 aromatic rings. The normalized spacial score (nSPS) is 12.6. The summed E-state index contributed by atoms with van der Waals surface area (Å²) in [6, 6.07) is 5.26. The van der Waals surface area contributed by atoms with Crippen molar-refractivity contribution in [2.45, 2.75) is 6.17 Å². The largest absolute Gasteiger partial charge is 0.495 e. The lowest BCUT2D eigenvalue weighted by Crippen LogP contribution is -2.34. The Balaban J connectivity index is 2.95. The van der Waals surface area contributed by atoms with Crippen molar-refractivity contribution in [1.29, 1.82) is 0 Å². The second-order valence-electron chi connectivity index (χ2n) is 2.54. The van der Waals surface area contributed by atoms with E-state index in [0.717, 1.165) is 5.56 Å². The van der Waals surface area contributed by atoms with E-state index in [1.165, 1.54) is 0 Å². The van der Waals surface area contributed by atoms with Crippen molar-refractivity contribution in [3.63, 3.8) is 0 Å². The Morgan fingerprint density at radius 3 is 2.69 bits per heavy atom. The van der Waals surface area contributed by atoms with Gasteiger partial charge in [-0.05, 0) is 17.7 Å². The first-order valence-electron chi connectivity index (χ1n) is 3.74. The SMILES string of the molecule is COc1ccc(C(N)NN)cc1Cl. The number of hydrazine groups is 1. The molecule has 0 saturated heterocycles. The molecule has 1 atom stereocenters. The van der Waals surface area contributed by atoms with Gasteiger partial charge in [0.2, 0.25) is 0 Å². The minimum Gasteiger partial charge on any atom is -0.495 e. The van der Waals surface area contributed by atoms with Crippen LogP contribution in [0.5, 0.6) is 5.75 Å². The molecule has 0 saturated carbocycles. The Kier molecular flexibility index (Phi) is 3.50. The van der Waals surface area contributed by atoms with Gasteiger partial charge in [0.15, 0.2) is 0 Å². The van der Waals surface area contributed by atoms with E-state index in [0.29, 0.717) is 10.8 Å². The standard InChI is InChI=1S/C8H12ClN3O/c1-13-7-3-2-5(4-6(7)9)8(10)12-11/h2-4,8,12H,10-11H2,1H3. The second kappa shape index (κ2) is 4.43. The van der Waals surface area contributed by atoms with Crippen LogP contribution in [0.25, 0.3) is 0 Å². The number of nitrogens with two attached hydrogens (primary N) is 2. The fourth-order valence-corrected chi connectivity index (χ4v) is 1.24. The van der Waals surface area contributed by atoms with Gasteiger partial charge in [0.1, 0.15) is 5.75 Å². The lowest BCUT2D eigenvalue weighted by atomic mass is 10.2. The van der Waals surface area contributed by atoms with Crippen molar-refractivity contribution >= 4 is 11.6 Å². The number of ether oxygens (including phenoxy) is 1. The number of halogens is 1. The van der Waals surface area contributed by atoms with Gasteiger partial charge in [-0.15, -0.1) is 0 Å². The summed E-state index contributed by atoms with van der Waals surface area (Å²) in [7, 11) is 1.56. The van der Waals surface area contributed by atoms with Gasteiger partial charge in [-0.2, -0.15) is 0 Å². The molecule has 0 aliphatic rings. The first-order valence-corrected chi connectivity index (χ1v) is 4.12. The first kappa shape index (κ1) is 10.3. The van der Waals surface area contributed by atoms with Crippen molar-refractivity contribution in [2.75, 3.05) is 7.11 Å². The molecule has 0 radical (unpaired) electrons. The van der Waals surface area contributed by atoms with Crippen molar-refractivity contribution in [3.8, 4) is 5.75 Å². The Morgan fingerprint density at radius 2 is 2.23 bits per heavy atom. The molecule has 0 aliphatic heterocycles. The van der Waals surface area contributed by atoms with Crippen LogP contribution in [0.3, 0.4) is 0 Å². The van der Waals surface area contributed by atoms with Crippen LogP contribution in [-0.2, 0) is 0 Å². The summed E-state index contributed by atoms with van der Waals surface area (Å²) in [6.07, 6.45) is -0.414. The Hall–Kier alpha value is -0.810. The van der Waals surface area contributed by atoms with Gasteiger partial charge in [-0.1, -0.05) is 17.7 Å². The van der Waals surface area contributed by atoms with Crippen LogP contribution < -0.4 is 21.7 Å². The highest BCUT2D eigenvalue weighted by atomic mass is 35.5. The number of nitrogens with one attached hydrogen (secondary N) is 1. The number of rotatable bonds is 3. The quantitative estimate of drug-likeness (QED) is 0.384. The molecule has 0 heterocycles. The lowest BCUT2D eigenvalue weighted by Gasteiger charge is -2.11. The maximum atomic E-state index is 5.88. The van der Waals surface area contributed by atoms with E-state index in [2.05, 4.69) is 5.43 Å². The Morgan fingerprint density at radius 1 is 1.54 bits per heavy atom. The number of benzene rings is 1. The number of methoxy groups -OCH3 is 1. The third-order valence-corrected chi connectivity index (χ3v) is 2.01. The molecule has 72 valence electrons. The molecular formula is C8H12ClN3O. The van der Waals surface area contributed by atoms with Crippen LogP contribution >= 0.6 is 11.6 Å². The van der Waals surface area contributed by atoms with Gasteiger partial charge < -0.3 is 10.5 Å². The molecule has 0 spiro atoms. The zero-order chi connectivity index (χ0) is 9.84. The third kappa shape index (κ3) is 2.32. The molecule has 1 aromatic carbocycles. The van der Waals surface area contributed by atoms with Crippen LogP contribution in [0.15, 0.2) is 18.2 Å². The average Bonchev–Trinajstić information content (AvgIpc) is 2.16. The fraction of sp³-hybridized carbons (Fsp3) is 0.250. The maximum absolute atomic E-state index is 5.88. The zero-order valence-corrected chi connectivity index (χ0v) is 8.01. The third-order valence-electron chi connectivity index (χ3n) is 1.71. The van der Waals surface area contributed by atoms with E-state index in [-0.39, 0.29) is 0 Å². The molecule has 1 unspecified atom stereocenters. The van der Waals surface area contributed by atoms with Gasteiger partial charge in [0, 0.05) is 0 Å². The average molecular weight is 202 g/mol. The topological polar surface area (TPSA) is 73.3 Å². The summed E-state index contributed by atoms with van der Waals surface area (Å²) in [4.78, 5) is 0. The minimum atomic E-state index is -0.414. The van der Waals surface area contributed by atoms with Crippen molar-refractivity contribution < 1.29 is 4.74 Å². The number of hydrogen-bond acceptors (Lipinski definition) is 4. The van der Waals surface area contributed by atoms with E-state index in [1.54, 1.807) is 25.3 Å². The van der Waals surface area contributed by atoms with Gasteiger partial charge in [-0.3, -0.25) is 5.84 Å². The van der Waals surface area contributed by atoms with Gasteiger partial charge >= 0.3 is 0 Å². The maximum Gasteiger partial charge on any atom is 0.137 e. The fourth-order valence-electron chi connectivity index (χ4n) is 0.972. The molecule has 13 heavy (non-hydrogen) atoms. The zero-order valence-electron chi connectivity index (χ0n) is 7.25. The summed E-state index contributed by atoms with van der Waals surface area (Å²) >= 11 is 5.88. The van der Waals surface area contributed by atoms with Crippen LogP contribution in [-0.4, -0.2) is 7.11 Å². The lowest BCUT2D eigenvalue weighted by molar-refractivity contribution is 0.414. The van der Waals surface area contributed by atoms with Gasteiger partial charge in [-0.25, -0.2) is 5.43 Å². The van der Waals surface area contributed by atoms with E-state index in [4.69, 9.17) is 27.9 Å². The summed E-state index contributed by atoms with van der Waals surface area (Å²) in [6.45, 7) is 0. The molecule has 0 aromatic heterocycles. The summed E-state index contributed by atoms with van der Waals surface area (Å²) in [5, 5.41) is 0.519. The van der Waals surface area contributed by atoms with E-state index in [9.17, 15) is 0 Å². The van der Waals surface area contributed by atoms with Crippen LogP contribution in [0, 0.1) is 0 Å². The molecule has 0 bridgehead atoms. The molecule has 4 nitrogen and oxygen atoms in total. The van der Waals surface area contributed by atoms with E-state index in [1.807, 2.05) is 0 Å². The molecule has 0 amide bonds. The molecular weight excluding hydrogens is 190 g/mol. The smallest absolute Gasteiger partial charge is 0.137 e. The molecule has 5 heteroatoms. The highest BCUT2D eigenvalue weighted by Crippen LogP contribution is 2.26. The summed E-state index contributed by atoms with van der Waals surface area (Å²) < 4.78 is 4.99. The predicted molar refractivity (Wildman–Crippen MR) is 52.3 cm³/mol. The Labute approximate surface area is 81.8 Å². The van der Waals surface area contributed by atoms with Crippen LogP contribution in [0.1, 0.15) is 11.7 Å². The van der Waals surface area contributed by atoms with E-state index >= 15 is 0 Å². The number of hydrogen-bond donors (Lipinski definition) is 3.